The molecule has 0 aliphatic carbocycles. The molecule has 0 unspecified atom stereocenters. The van der Waals surface area contributed by atoms with Crippen molar-refractivity contribution in [2.45, 2.75) is 0 Å². The Morgan fingerprint density at radius 1 is 1.27 bits per heavy atom. The zero-order valence-corrected chi connectivity index (χ0v) is 7.20. The second-order valence-electron chi connectivity index (χ2n) is 1.81. The van der Waals surface area contributed by atoms with Gasteiger partial charge in [0.2, 0.25) is 0 Å². The summed E-state index contributed by atoms with van der Waals surface area (Å²) in [7, 11) is 0. The van der Waals surface area contributed by atoms with Crippen molar-refractivity contribution in [3.63, 3.8) is 0 Å². The Labute approximate surface area is 121 Å². The van der Waals surface area contributed by atoms with Gasteiger partial charge in [-0.2, -0.15) is 0 Å². The number of benzene rings is 1. The molecule has 0 radical (unpaired) electrons. The molecule has 0 atom stereocenters. The van der Waals surface area contributed by atoms with Crippen molar-refractivity contribution >= 4 is 79.9 Å². The van der Waals surface area contributed by atoms with Gasteiger partial charge in [-0.05, 0) is 46.9 Å². The van der Waals surface area contributed by atoms with E-state index in [4.69, 9.17) is 5.11 Å². The molecule has 1 aromatic carbocycles. The predicted octanol–water partition coefficient (Wildman–Crippen LogP) is 1.34. The number of hydrogen-bond acceptors (Lipinski definition) is 1. The number of hydrogen-bond donors (Lipinski definition) is 1. The molecule has 0 spiro atoms. The van der Waals surface area contributed by atoms with Crippen LogP contribution in [0, 0.1) is 3.57 Å². The van der Waals surface area contributed by atoms with E-state index in [1.54, 1.807) is 24.3 Å². The van der Waals surface area contributed by atoms with Gasteiger partial charge in [-0.3, -0.25) is 0 Å². The third-order valence-electron chi connectivity index (χ3n) is 1.09. The van der Waals surface area contributed by atoms with Gasteiger partial charge in [0, 0.05) is 3.57 Å². The summed E-state index contributed by atoms with van der Waals surface area (Å²) in [4.78, 5) is 10.3. The third kappa shape index (κ3) is 4.00. The van der Waals surface area contributed by atoms with Crippen molar-refractivity contribution in [3.8, 4) is 0 Å². The van der Waals surface area contributed by atoms with E-state index >= 15 is 0 Å². The van der Waals surface area contributed by atoms with E-state index in [-0.39, 0.29) is 51.4 Å². The topological polar surface area (TPSA) is 37.3 Å². The summed E-state index contributed by atoms with van der Waals surface area (Å²) in [6.45, 7) is 0. The second kappa shape index (κ2) is 5.66. The van der Waals surface area contributed by atoms with Crippen LogP contribution in [-0.2, 0) is 0 Å². The van der Waals surface area contributed by atoms with E-state index in [0.29, 0.717) is 5.56 Å². The summed E-state index contributed by atoms with van der Waals surface area (Å²) >= 11 is 2.13. The normalized spacial score (nSPS) is 8.45. The number of aromatic carboxylic acids is 1. The van der Waals surface area contributed by atoms with Crippen LogP contribution in [0.3, 0.4) is 0 Å². The van der Waals surface area contributed by atoms with Gasteiger partial charge >= 0.3 is 57.4 Å². The summed E-state index contributed by atoms with van der Waals surface area (Å²) < 4.78 is 1.04. The van der Waals surface area contributed by atoms with Crippen LogP contribution in [0.2, 0.25) is 0 Å². The molecule has 1 N–H and O–H groups in total. The molecule has 0 fully saturated rings. The molecule has 0 aliphatic heterocycles. The van der Waals surface area contributed by atoms with E-state index in [2.05, 4.69) is 22.6 Å². The first kappa shape index (κ1) is 12.1. The maximum atomic E-state index is 10.3. The van der Waals surface area contributed by atoms with Crippen LogP contribution in [-0.4, -0.2) is 62.5 Å². The van der Waals surface area contributed by atoms with Gasteiger partial charge in [0.25, 0.3) is 0 Å². The molecule has 2 nitrogen and oxygen atoms in total. The summed E-state index contributed by atoms with van der Waals surface area (Å²) in [5.41, 5.74) is 0.334. The third-order valence-corrected chi connectivity index (χ3v) is 1.81. The summed E-state index contributed by atoms with van der Waals surface area (Å²) in [6, 6.07) is 6.71. The second-order valence-corrected chi connectivity index (χ2v) is 3.06. The first-order chi connectivity index (χ1) is 4.70. The standard InChI is InChI=1S/C7H5IO2.K.H/c8-6-3-1-5(2-4-6)7(9)10;;/h1-4H,(H,9,10);;. The summed E-state index contributed by atoms with van der Waals surface area (Å²) in [6.07, 6.45) is 0. The molecular formula is C7H6IKO2. The number of halogens is 1. The Bertz CT molecular complexity index is 245. The van der Waals surface area contributed by atoms with Crippen LogP contribution in [0.1, 0.15) is 10.4 Å². The molecule has 1 aromatic rings. The SMILES string of the molecule is O=C(O)c1ccc(I)cc1.[KH]. The van der Waals surface area contributed by atoms with Crippen LogP contribution < -0.4 is 0 Å². The maximum absolute atomic E-state index is 10.3. The van der Waals surface area contributed by atoms with Crippen LogP contribution in [0.15, 0.2) is 24.3 Å². The minimum atomic E-state index is -0.878. The number of carboxylic acid groups (broad SMARTS) is 1. The summed E-state index contributed by atoms with van der Waals surface area (Å²) in [5.74, 6) is -0.878. The van der Waals surface area contributed by atoms with Crippen molar-refractivity contribution in [1.82, 2.24) is 0 Å². The van der Waals surface area contributed by atoms with Crippen molar-refractivity contribution in [2.24, 2.45) is 0 Å². The quantitative estimate of drug-likeness (QED) is 0.625. The minimum absolute atomic E-state index is 0. The van der Waals surface area contributed by atoms with E-state index in [1.807, 2.05) is 0 Å². The monoisotopic (exact) mass is 288 g/mol. The molecule has 1 rings (SSSR count). The fourth-order valence-electron chi connectivity index (χ4n) is 0.592. The van der Waals surface area contributed by atoms with Gasteiger partial charge in [-0.1, -0.05) is 0 Å². The Hall–Kier alpha value is 1.06. The predicted molar refractivity (Wildman–Crippen MR) is 53.3 cm³/mol. The van der Waals surface area contributed by atoms with Crippen molar-refractivity contribution in [2.75, 3.05) is 0 Å². The zero-order chi connectivity index (χ0) is 7.56. The van der Waals surface area contributed by atoms with E-state index in [0.717, 1.165) is 3.57 Å². The van der Waals surface area contributed by atoms with E-state index < -0.39 is 5.97 Å². The molecule has 0 saturated heterocycles. The summed E-state index contributed by atoms with van der Waals surface area (Å²) in [5, 5.41) is 8.47. The van der Waals surface area contributed by atoms with E-state index in [9.17, 15) is 4.79 Å². The van der Waals surface area contributed by atoms with Crippen molar-refractivity contribution < 1.29 is 9.90 Å². The average Bonchev–Trinajstić information content (AvgIpc) is 1.88. The molecule has 0 heterocycles. The van der Waals surface area contributed by atoms with Crippen molar-refractivity contribution in [1.29, 1.82) is 0 Å². The van der Waals surface area contributed by atoms with Crippen LogP contribution in [0.25, 0.3) is 0 Å². The van der Waals surface area contributed by atoms with Gasteiger partial charge in [0.15, 0.2) is 0 Å². The average molecular weight is 288 g/mol. The molecule has 0 saturated carbocycles. The number of rotatable bonds is 1. The molecule has 11 heavy (non-hydrogen) atoms. The van der Waals surface area contributed by atoms with Crippen LogP contribution in [0.4, 0.5) is 0 Å². The molecule has 0 aromatic heterocycles. The fraction of sp³-hybridized carbons (Fsp3) is 0. The zero-order valence-electron chi connectivity index (χ0n) is 5.04. The van der Waals surface area contributed by atoms with Gasteiger partial charge in [-0.15, -0.1) is 0 Å². The Morgan fingerprint density at radius 2 is 1.73 bits per heavy atom. The van der Waals surface area contributed by atoms with Gasteiger partial charge in [-0.25, -0.2) is 4.79 Å². The molecular weight excluding hydrogens is 282 g/mol. The first-order valence-corrected chi connectivity index (χ1v) is 3.77. The molecule has 0 bridgehead atoms. The first-order valence-electron chi connectivity index (χ1n) is 2.69. The molecule has 0 amide bonds. The fourth-order valence-corrected chi connectivity index (χ4v) is 0.952. The van der Waals surface area contributed by atoms with Gasteiger partial charge in [0.1, 0.15) is 0 Å². The number of carboxylic acids is 1. The molecule has 0 aliphatic rings. The van der Waals surface area contributed by atoms with Gasteiger partial charge in [0.05, 0.1) is 5.56 Å². The Balaban J connectivity index is 0.000001000. The molecule has 54 valence electrons. The Morgan fingerprint density at radius 3 is 2.09 bits per heavy atom. The molecule has 4 heteroatoms. The van der Waals surface area contributed by atoms with Gasteiger partial charge < -0.3 is 5.11 Å². The van der Waals surface area contributed by atoms with Crippen molar-refractivity contribution in [3.05, 3.63) is 33.4 Å². The number of carbonyl (C=O) groups is 1. The van der Waals surface area contributed by atoms with E-state index in [1.165, 1.54) is 0 Å². The Kier molecular flexibility index (Phi) is 6.20. The van der Waals surface area contributed by atoms with Crippen LogP contribution >= 0.6 is 22.6 Å². The van der Waals surface area contributed by atoms with Crippen LogP contribution in [0.5, 0.6) is 0 Å².